The molecule has 1 aliphatic carbocycles. The van der Waals surface area contributed by atoms with Gasteiger partial charge in [0.05, 0.1) is 4.92 Å². The van der Waals surface area contributed by atoms with E-state index in [0.717, 1.165) is 31.7 Å². The molecule has 0 bridgehead atoms. The highest BCUT2D eigenvalue weighted by molar-refractivity contribution is 5.68. The van der Waals surface area contributed by atoms with Gasteiger partial charge >= 0.3 is 11.9 Å². The fourth-order valence-electron chi connectivity index (χ4n) is 3.12. The topological polar surface area (TPSA) is 69.2 Å². The van der Waals surface area contributed by atoms with Crippen LogP contribution < -0.4 is 5.73 Å². The lowest BCUT2D eigenvalue weighted by Crippen LogP contribution is -2.16. The van der Waals surface area contributed by atoms with Crippen molar-refractivity contribution in [2.45, 2.75) is 44.7 Å². The number of nitrogen functional groups attached to an aromatic ring is 1. The highest BCUT2D eigenvalue weighted by atomic mass is 19.4. The molecule has 7 heteroatoms. The number of hydrogen-bond acceptors (Lipinski definition) is 3. The molecule has 1 aromatic carbocycles. The summed E-state index contributed by atoms with van der Waals surface area (Å²) < 4.78 is 38.6. The molecule has 0 spiro atoms. The lowest BCUT2D eigenvalue weighted by atomic mass is 9.78. The molecule has 1 saturated carbocycles. The van der Waals surface area contributed by atoms with E-state index in [-0.39, 0.29) is 11.6 Å². The highest BCUT2D eigenvalue weighted by Gasteiger charge is 2.41. The number of anilines is 1. The van der Waals surface area contributed by atoms with Crippen molar-refractivity contribution in [1.29, 1.82) is 0 Å². The second-order valence-electron chi connectivity index (χ2n) is 5.69. The number of halogens is 3. The quantitative estimate of drug-likeness (QED) is 0.497. The van der Waals surface area contributed by atoms with Gasteiger partial charge in [-0.1, -0.05) is 25.8 Å². The average Bonchev–Trinajstić information content (AvgIpc) is 2.36. The zero-order valence-electron chi connectivity index (χ0n) is 11.6. The summed E-state index contributed by atoms with van der Waals surface area (Å²) in [7, 11) is 0. The van der Waals surface area contributed by atoms with Gasteiger partial charge in [-0.05, 0) is 36.3 Å². The molecule has 0 heterocycles. The molecule has 0 aromatic heterocycles. The molecule has 0 saturated heterocycles. The summed E-state index contributed by atoms with van der Waals surface area (Å²) in [6.45, 7) is 2.07. The molecule has 2 N–H and O–H groups in total. The summed E-state index contributed by atoms with van der Waals surface area (Å²) in [6.07, 6.45) is -1.15. The van der Waals surface area contributed by atoms with Gasteiger partial charge < -0.3 is 5.73 Å². The molecule has 1 fully saturated rings. The van der Waals surface area contributed by atoms with Crippen LogP contribution in [0.15, 0.2) is 12.1 Å². The summed E-state index contributed by atoms with van der Waals surface area (Å²) in [5, 5.41) is 11.0. The van der Waals surface area contributed by atoms with Gasteiger partial charge in [0.2, 0.25) is 0 Å². The van der Waals surface area contributed by atoms with Gasteiger partial charge in [0.25, 0.3) is 0 Å². The molecule has 4 nitrogen and oxygen atoms in total. The zero-order chi connectivity index (χ0) is 15.8. The first-order valence-electron chi connectivity index (χ1n) is 6.85. The third-order valence-corrected chi connectivity index (χ3v) is 4.11. The number of alkyl halides is 3. The van der Waals surface area contributed by atoms with Crippen molar-refractivity contribution >= 4 is 11.4 Å². The van der Waals surface area contributed by atoms with E-state index >= 15 is 0 Å². The van der Waals surface area contributed by atoms with Gasteiger partial charge in [0, 0.05) is 0 Å². The number of nitrogens with two attached hydrogens (primary N) is 1. The van der Waals surface area contributed by atoms with Crippen molar-refractivity contribution in [3.05, 3.63) is 33.4 Å². The van der Waals surface area contributed by atoms with Crippen molar-refractivity contribution in [2.24, 2.45) is 5.92 Å². The summed E-state index contributed by atoms with van der Waals surface area (Å²) in [4.78, 5) is 9.98. The lowest BCUT2D eigenvalue weighted by Gasteiger charge is -2.28. The summed E-state index contributed by atoms with van der Waals surface area (Å²) in [5.74, 6) is 0.444. The highest BCUT2D eigenvalue weighted by Crippen LogP contribution is 2.45. The molecule has 2 unspecified atom stereocenters. The molecule has 1 aliphatic rings. The Balaban J connectivity index is 2.50. The van der Waals surface area contributed by atoms with Crippen LogP contribution in [0.5, 0.6) is 0 Å². The second kappa shape index (κ2) is 5.54. The third kappa shape index (κ3) is 3.11. The van der Waals surface area contributed by atoms with Crippen LogP contribution in [0.4, 0.5) is 24.5 Å². The molecule has 1 aromatic rings. The number of nitro benzene ring substituents is 1. The Morgan fingerprint density at radius 1 is 1.33 bits per heavy atom. The van der Waals surface area contributed by atoms with Crippen molar-refractivity contribution in [1.82, 2.24) is 0 Å². The van der Waals surface area contributed by atoms with Crippen LogP contribution in [-0.2, 0) is 6.18 Å². The lowest BCUT2D eigenvalue weighted by molar-refractivity contribution is -0.387. The number of nitro groups is 1. The minimum Gasteiger partial charge on any atom is -0.393 e. The number of rotatable bonds is 2. The van der Waals surface area contributed by atoms with Crippen LogP contribution in [0.1, 0.15) is 49.7 Å². The fraction of sp³-hybridized carbons (Fsp3) is 0.571. The van der Waals surface area contributed by atoms with Gasteiger partial charge in [-0.25, -0.2) is 0 Å². The maximum Gasteiger partial charge on any atom is 0.423 e. The number of benzene rings is 1. The Bertz CT molecular complexity index is 558. The fourth-order valence-corrected chi connectivity index (χ4v) is 3.12. The Morgan fingerprint density at radius 3 is 2.52 bits per heavy atom. The van der Waals surface area contributed by atoms with Crippen LogP contribution in [0.2, 0.25) is 0 Å². The second-order valence-corrected chi connectivity index (χ2v) is 5.69. The number of nitrogens with zero attached hydrogens (tertiary/aromatic N) is 1. The first-order chi connectivity index (χ1) is 9.71. The van der Waals surface area contributed by atoms with E-state index < -0.39 is 22.4 Å². The van der Waals surface area contributed by atoms with Gasteiger partial charge in [-0.2, -0.15) is 13.2 Å². The van der Waals surface area contributed by atoms with E-state index in [0.29, 0.717) is 11.5 Å². The van der Waals surface area contributed by atoms with Gasteiger partial charge in [0.1, 0.15) is 11.3 Å². The van der Waals surface area contributed by atoms with Crippen molar-refractivity contribution in [2.75, 3.05) is 5.73 Å². The minimum absolute atomic E-state index is 0.00488. The molecule has 2 rings (SSSR count). The van der Waals surface area contributed by atoms with E-state index in [4.69, 9.17) is 5.73 Å². The van der Waals surface area contributed by atoms with Gasteiger partial charge in [0.15, 0.2) is 0 Å². The Morgan fingerprint density at radius 2 is 2.00 bits per heavy atom. The predicted octanol–water partition coefficient (Wildman–Crippen LogP) is 4.49. The molecular weight excluding hydrogens is 285 g/mol. The average molecular weight is 302 g/mol. The maximum atomic E-state index is 12.9. The summed E-state index contributed by atoms with van der Waals surface area (Å²) >= 11 is 0. The summed E-state index contributed by atoms with van der Waals surface area (Å²) in [6, 6.07) is 2.08. The normalized spacial score (nSPS) is 23.0. The van der Waals surface area contributed by atoms with E-state index in [1.165, 1.54) is 6.07 Å². The monoisotopic (exact) mass is 302 g/mol. The van der Waals surface area contributed by atoms with Crippen LogP contribution in [0.3, 0.4) is 0 Å². The molecule has 2 atom stereocenters. The van der Waals surface area contributed by atoms with Crippen LogP contribution in [0.25, 0.3) is 0 Å². The van der Waals surface area contributed by atoms with Crippen molar-refractivity contribution in [3.8, 4) is 0 Å². The Hall–Kier alpha value is -1.79. The predicted molar refractivity (Wildman–Crippen MR) is 72.9 cm³/mol. The minimum atomic E-state index is -4.78. The van der Waals surface area contributed by atoms with E-state index in [1.807, 2.05) is 0 Å². The Labute approximate surface area is 120 Å². The van der Waals surface area contributed by atoms with E-state index in [1.54, 1.807) is 0 Å². The van der Waals surface area contributed by atoms with Crippen molar-refractivity contribution < 1.29 is 18.1 Å². The molecule has 0 radical (unpaired) electrons. The SMILES string of the molecule is CC1CCCC(c2ccc(C(F)(F)F)c([N+](=O)[O-])c2N)C1. The van der Waals surface area contributed by atoms with E-state index in [2.05, 4.69) is 6.92 Å². The van der Waals surface area contributed by atoms with Crippen LogP contribution >= 0.6 is 0 Å². The van der Waals surface area contributed by atoms with E-state index in [9.17, 15) is 23.3 Å². The number of hydrogen-bond donors (Lipinski definition) is 1. The molecule has 116 valence electrons. The first kappa shape index (κ1) is 15.6. The van der Waals surface area contributed by atoms with Gasteiger partial charge in [-0.15, -0.1) is 0 Å². The maximum absolute atomic E-state index is 12.9. The third-order valence-electron chi connectivity index (χ3n) is 4.11. The Kier molecular flexibility index (Phi) is 4.11. The zero-order valence-corrected chi connectivity index (χ0v) is 11.6. The molecule has 0 aliphatic heterocycles. The molecular formula is C14H17F3N2O2. The largest absolute Gasteiger partial charge is 0.423 e. The van der Waals surface area contributed by atoms with Gasteiger partial charge in [-0.3, -0.25) is 10.1 Å². The summed E-state index contributed by atoms with van der Waals surface area (Å²) in [5.41, 5.74) is 3.56. The smallest absolute Gasteiger partial charge is 0.393 e. The first-order valence-corrected chi connectivity index (χ1v) is 6.85. The standard InChI is InChI=1S/C14H17F3N2O2/c1-8-3-2-4-9(7-8)10-5-6-11(14(15,16)17)13(12(10)18)19(20)21/h5-6,8-9H,2-4,7,18H2,1H3. The van der Waals surface area contributed by atoms with Crippen LogP contribution in [-0.4, -0.2) is 4.92 Å². The van der Waals surface area contributed by atoms with Crippen molar-refractivity contribution in [3.63, 3.8) is 0 Å². The molecule has 21 heavy (non-hydrogen) atoms. The van der Waals surface area contributed by atoms with Crippen LogP contribution in [0, 0.1) is 16.0 Å². The molecule has 0 amide bonds.